The normalized spacial score (nSPS) is 49.9. The zero-order chi connectivity index (χ0) is 33.9. The van der Waals surface area contributed by atoms with Crippen LogP contribution in [0.4, 0.5) is 0 Å². The fourth-order valence-corrected chi connectivity index (χ4v) is 15.2. The summed E-state index contributed by atoms with van der Waals surface area (Å²) in [6, 6.07) is 0. The van der Waals surface area contributed by atoms with E-state index in [2.05, 4.69) is 66.9 Å². The van der Waals surface area contributed by atoms with E-state index in [1.807, 2.05) is 0 Å². The molecule has 0 spiro atoms. The summed E-state index contributed by atoms with van der Waals surface area (Å²) in [7, 11) is 0. The number of ketones is 1. The highest BCUT2D eigenvalue weighted by Gasteiger charge is 2.72. The Morgan fingerprint density at radius 1 is 0.766 bits per heavy atom. The summed E-state index contributed by atoms with van der Waals surface area (Å²) in [5.74, 6) is 3.97. The molecule has 1 amide bonds. The summed E-state index contributed by atoms with van der Waals surface area (Å²) < 4.78 is 0. The maximum Gasteiger partial charge on any atom is 0.226 e. The average molecular weight is 648 g/mol. The maximum absolute atomic E-state index is 15.0. The van der Waals surface area contributed by atoms with Crippen molar-refractivity contribution in [2.24, 2.45) is 73.9 Å². The molecule has 0 aromatic carbocycles. The number of likely N-dealkylation sites (tertiary alicyclic amines) is 1. The minimum absolute atomic E-state index is 0.0244. The first kappa shape index (κ1) is 34.3. The van der Waals surface area contributed by atoms with E-state index >= 15 is 0 Å². The molecule has 1 saturated heterocycles. The fourth-order valence-electron chi connectivity index (χ4n) is 15.2. The molecule has 0 aromatic rings. The Bertz CT molecular complexity index is 1290. The van der Waals surface area contributed by atoms with Gasteiger partial charge in [-0.15, -0.1) is 0 Å². The topological polar surface area (TPSA) is 57.6 Å². The second-order valence-electron chi connectivity index (χ2n) is 20.5. The number of nitrogens with zero attached hydrogens (tertiary/aromatic N) is 1. The highest BCUT2D eigenvalue weighted by atomic mass is 16.3. The van der Waals surface area contributed by atoms with Gasteiger partial charge in [0.15, 0.2) is 0 Å². The third-order valence-corrected chi connectivity index (χ3v) is 18.5. The number of allylic oxidation sites excluding steroid dienone is 1. The van der Waals surface area contributed by atoms with Gasteiger partial charge in [0.2, 0.25) is 5.91 Å². The van der Waals surface area contributed by atoms with Gasteiger partial charge in [0.1, 0.15) is 5.78 Å². The number of carbonyl (C=O) groups excluding carboxylic acids is 2. The van der Waals surface area contributed by atoms with Gasteiger partial charge in [0, 0.05) is 30.8 Å². The molecule has 264 valence electrons. The third-order valence-electron chi connectivity index (χ3n) is 18.5. The highest BCUT2D eigenvalue weighted by molar-refractivity contribution is 5.87. The monoisotopic (exact) mass is 648 g/mol. The number of carbonyl (C=O) groups is 2. The van der Waals surface area contributed by atoms with Crippen molar-refractivity contribution in [1.29, 1.82) is 0 Å². The lowest BCUT2D eigenvalue weighted by atomic mass is 9.32. The van der Waals surface area contributed by atoms with E-state index < -0.39 is 0 Å². The number of aliphatic hydroxyl groups is 1. The molecule has 0 radical (unpaired) electrons. The van der Waals surface area contributed by atoms with Crippen molar-refractivity contribution >= 4 is 11.7 Å². The van der Waals surface area contributed by atoms with Crippen LogP contribution in [0.25, 0.3) is 0 Å². The molecule has 0 unspecified atom stereocenters. The van der Waals surface area contributed by atoms with Crippen LogP contribution >= 0.6 is 0 Å². The average Bonchev–Trinajstić information content (AvgIpc) is 3.43. The summed E-state index contributed by atoms with van der Waals surface area (Å²) in [6.45, 7) is 25.9. The molecule has 7 aliphatic rings. The number of piperidine rings is 1. The highest BCUT2D eigenvalue weighted by Crippen LogP contribution is 2.78. The Morgan fingerprint density at radius 3 is 2.13 bits per heavy atom. The van der Waals surface area contributed by atoms with Crippen LogP contribution in [0.3, 0.4) is 0 Å². The number of rotatable bonds is 5. The van der Waals surface area contributed by atoms with Gasteiger partial charge in [0.25, 0.3) is 0 Å². The number of aliphatic hydroxyl groups excluding tert-OH is 1. The van der Waals surface area contributed by atoms with Crippen molar-refractivity contribution in [3.8, 4) is 0 Å². The van der Waals surface area contributed by atoms with Crippen LogP contribution in [-0.2, 0) is 9.59 Å². The Morgan fingerprint density at radius 2 is 1.47 bits per heavy atom. The zero-order valence-electron chi connectivity index (χ0n) is 31.6. The number of amides is 1. The van der Waals surface area contributed by atoms with Gasteiger partial charge < -0.3 is 10.0 Å². The summed E-state index contributed by atoms with van der Waals surface area (Å²) >= 11 is 0. The molecule has 1 aliphatic heterocycles. The lowest BCUT2D eigenvalue weighted by Crippen LogP contribution is -2.67. The lowest BCUT2D eigenvalue weighted by molar-refractivity contribution is -0.246. The fraction of sp³-hybridized carbons (Fsp3) is 0.907. The van der Waals surface area contributed by atoms with E-state index in [9.17, 15) is 14.7 Å². The van der Waals surface area contributed by atoms with Crippen LogP contribution in [0.1, 0.15) is 152 Å². The first-order valence-corrected chi connectivity index (χ1v) is 20.1. The van der Waals surface area contributed by atoms with Crippen LogP contribution in [0.5, 0.6) is 0 Å². The van der Waals surface area contributed by atoms with E-state index in [0.717, 1.165) is 64.5 Å². The number of Topliss-reactive ketones (excluding diaryl/α,β-unsaturated/α-hetero) is 1. The summed E-state index contributed by atoms with van der Waals surface area (Å²) in [6.07, 6.45) is 16.3. The minimum atomic E-state index is -0.215. The Kier molecular flexibility index (Phi) is 8.15. The van der Waals surface area contributed by atoms with Crippen molar-refractivity contribution in [3.63, 3.8) is 0 Å². The summed E-state index contributed by atoms with van der Waals surface area (Å²) in [5, 5.41) is 11.1. The van der Waals surface area contributed by atoms with Gasteiger partial charge in [-0.3, -0.25) is 9.59 Å². The SMILES string of the molecule is C=C(C)[C@@H]1CC[C@]2(C(=O)C[C@@H]3C[C@H](C(=O)N4CCCCC4)C3(C)C)CC[C@]3(C)[C@H](CC[C@@H]4[C@@]5(C)CC[C@H](O)C(C)(C)[C@@H]5CC[C@]43C)[C@@H]12. The molecule has 0 aromatic heterocycles. The molecule has 0 bridgehead atoms. The molecule has 7 fully saturated rings. The molecular formula is C43H69NO3. The van der Waals surface area contributed by atoms with Gasteiger partial charge in [-0.1, -0.05) is 60.6 Å². The predicted octanol–water partition coefficient (Wildman–Crippen LogP) is 9.64. The summed E-state index contributed by atoms with van der Waals surface area (Å²) in [4.78, 5) is 30.6. The van der Waals surface area contributed by atoms with E-state index in [-0.39, 0.29) is 44.5 Å². The molecule has 4 heteroatoms. The maximum atomic E-state index is 15.0. The van der Waals surface area contributed by atoms with E-state index in [1.165, 1.54) is 44.1 Å². The number of hydrogen-bond donors (Lipinski definition) is 1. The third kappa shape index (κ3) is 4.59. The van der Waals surface area contributed by atoms with Gasteiger partial charge in [-0.05, 0) is 159 Å². The molecule has 7 rings (SSSR count). The van der Waals surface area contributed by atoms with Crippen molar-refractivity contribution in [2.75, 3.05) is 13.1 Å². The van der Waals surface area contributed by atoms with Crippen molar-refractivity contribution in [2.45, 2.75) is 158 Å². The zero-order valence-corrected chi connectivity index (χ0v) is 31.6. The molecule has 1 heterocycles. The second-order valence-corrected chi connectivity index (χ2v) is 20.5. The Balaban J connectivity index is 1.15. The Labute approximate surface area is 287 Å². The molecule has 4 nitrogen and oxygen atoms in total. The van der Waals surface area contributed by atoms with Crippen LogP contribution in [-0.4, -0.2) is 40.9 Å². The van der Waals surface area contributed by atoms with Crippen LogP contribution in [0.2, 0.25) is 0 Å². The minimum Gasteiger partial charge on any atom is -0.393 e. The van der Waals surface area contributed by atoms with Gasteiger partial charge in [-0.25, -0.2) is 0 Å². The van der Waals surface area contributed by atoms with Gasteiger partial charge >= 0.3 is 0 Å². The van der Waals surface area contributed by atoms with Crippen molar-refractivity contribution in [1.82, 2.24) is 4.90 Å². The molecule has 12 atom stereocenters. The van der Waals surface area contributed by atoms with Crippen molar-refractivity contribution < 1.29 is 14.7 Å². The van der Waals surface area contributed by atoms with Crippen LogP contribution < -0.4 is 0 Å². The quantitative estimate of drug-likeness (QED) is 0.302. The van der Waals surface area contributed by atoms with E-state index in [4.69, 9.17) is 0 Å². The molecule has 1 N–H and O–H groups in total. The Hall–Kier alpha value is -1.16. The number of hydrogen-bond acceptors (Lipinski definition) is 3. The standard InChI is InChI=1S/C43H69NO3/c1-27(2)29-15-20-43(35(46)26-28-25-31(38(28,3)4)37(47)44-23-11-10-12-24-44)22-21-41(8)30(36(29)43)13-14-33-40(7)18-17-34(45)39(5,6)32(40)16-19-42(33,41)9/h28-34,36,45H,1,10-26H2,2-9H3/t28-,29-,30+,31+,32-,33+,34-,36+,40-,41+,42+,43+/m0/s1. The first-order chi connectivity index (χ1) is 21.9. The summed E-state index contributed by atoms with van der Waals surface area (Å²) in [5.41, 5.74) is 1.71. The molecular weight excluding hydrogens is 578 g/mol. The van der Waals surface area contributed by atoms with Crippen LogP contribution in [0, 0.1) is 73.9 Å². The first-order valence-electron chi connectivity index (χ1n) is 20.1. The van der Waals surface area contributed by atoms with Gasteiger partial charge in [-0.2, -0.15) is 0 Å². The predicted molar refractivity (Wildman–Crippen MR) is 190 cm³/mol. The number of fused-ring (bicyclic) bond motifs is 7. The van der Waals surface area contributed by atoms with Crippen molar-refractivity contribution in [3.05, 3.63) is 12.2 Å². The molecule has 6 saturated carbocycles. The molecule has 47 heavy (non-hydrogen) atoms. The second kappa shape index (κ2) is 11.2. The van der Waals surface area contributed by atoms with E-state index in [1.54, 1.807) is 0 Å². The largest absolute Gasteiger partial charge is 0.393 e. The van der Waals surface area contributed by atoms with E-state index in [0.29, 0.717) is 53.6 Å². The van der Waals surface area contributed by atoms with Crippen LogP contribution in [0.15, 0.2) is 12.2 Å². The smallest absolute Gasteiger partial charge is 0.226 e. The lowest BCUT2D eigenvalue weighted by Gasteiger charge is -2.73. The van der Waals surface area contributed by atoms with Gasteiger partial charge in [0.05, 0.1) is 6.10 Å². The molecule has 6 aliphatic carbocycles.